The monoisotopic (exact) mass is 527 g/mol. The molecule has 1 saturated heterocycles. The summed E-state index contributed by atoms with van der Waals surface area (Å²) in [6, 6.07) is 10.2. The Kier molecular flexibility index (Phi) is 5.99. The van der Waals surface area contributed by atoms with Gasteiger partial charge in [-0.25, -0.2) is 9.18 Å². The fourth-order valence-electron chi connectivity index (χ4n) is 4.49. The maximum atomic E-state index is 15.1. The highest BCUT2D eigenvalue weighted by atomic mass is 79.9. The molecule has 3 aromatic rings. The number of rotatable bonds is 6. The van der Waals surface area contributed by atoms with Crippen molar-refractivity contribution in [1.29, 1.82) is 0 Å². The summed E-state index contributed by atoms with van der Waals surface area (Å²) in [4.78, 5) is 40.8. The molecule has 2 aliphatic rings. The summed E-state index contributed by atoms with van der Waals surface area (Å²) in [6.07, 6.45) is 3.18. The van der Waals surface area contributed by atoms with E-state index in [0.29, 0.717) is 49.5 Å². The molecule has 34 heavy (non-hydrogen) atoms. The smallest absolute Gasteiger partial charge is 0.341 e. The van der Waals surface area contributed by atoms with Crippen molar-refractivity contribution in [2.45, 2.75) is 18.9 Å². The quantitative estimate of drug-likeness (QED) is 0.489. The van der Waals surface area contributed by atoms with Crippen LogP contribution in [-0.2, 0) is 0 Å². The number of anilines is 1. The normalized spacial score (nSPS) is 16.7. The number of hydrogen-bond donors (Lipinski definition) is 1. The molecule has 2 fully saturated rings. The molecule has 0 bridgehead atoms. The molecule has 0 spiro atoms. The average Bonchev–Trinajstić information content (AvgIpc) is 3.65. The Hall–Kier alpha value is -3.04. The third-order valence-corrected chi connectivity index (χ3v) is 7.05. The van der Waals surface area contributed by atoms with E-state index in [1.54, 1.807) is 22.8 Å². The fraction of sp³-hybridized carbons (Fsp3) is 0.320. The van der Waals surface area contributed by atoms with Gasteiger partial charge in [0.15, 0.2) is 5.78 Å². The number of piperazine rings is 1. The number of pyridine rings is 1. The lowest BCUT2D eigenvalue weighted by molar-refractivity contribution is 0.0694. The van der Waals surface area contributed by atoms with Crippen LogP contribution in [0.1, 0.15) is 39.6 Å². The topological polar surface area (TPSA) is 82.8 Å². The molecule has 0 unspecified atom stereocenters. The molecule has 2 heterocycles. The number of Topliss-reactive ketones (excluding diaryl/α,β-unsaturated/α-hetero) is 1. The van der Waals surface area contributed by atoms with Crippen LogP contribution in [0.2, 0.25) is 0 Å². The number of carbonyl (C=O) groups is 2. The van der Waals surface area contributed by atoms with E-state index >= 15 is 4.39 Å². The van der Waals surface area contributed by atoms with E-state index in [1.807, 2.05) is 17.0 Å². The largest absolute Gasteiger partial charge is 0.477 e. The van der Waals surface area contributed by atoms with Gasteiger partial charge < -0.3 is 14.6 Å². The third kappa shape index (κ3) is 4.37. The number of carbonyl (C=O) groups excluding carboxylic acids is 1. The van der Waals surface area contributed by atoms with Gasteiger partial charge in [0.05, 0.1) is 17.7 Å². The molecule has 0 atom stereocenters. The van der Waals surface area contributed by atoms with Crippen LogP contribution in [0.3, 0.4) is 0 Å². The minimum absolute atomic E-state index is 0.0421. The van der Waals surface area contributed by atoms with Crippen LogP contribution >= 0.6 is 15.9 Å². The first-order valence-corrected chi connectivity index (χ1v) is 12.0. The minimum Gasteiger partial charge on any atom is -0.477 e. The zero-order valence-electron chi connectivity index (χ0n) is 18.3. The number of carboxylic acid groups (broad SMARTS) is 1. The van der Waals surface area contributed by atoms with Crippen LogP contribution in [-0.4, -0.2) is 59.0 Å². The number of aromatic nitrogens is 1. The average molecular weight is 528 g/mol. The number of hydrogen-bond acceptors (Lipinski definition) is 5. The van der Waals surface area contributed by atoms with Gasteiger partial charge in [0, 0.05) is 53.8 Å². The number of carboxylic acids is 1. The Bertz CT molecular complexity index is 1340. The standard InChI is InChI=1S/C25H23BrFN3O4/c26-16-3-1-15(2-4-16)23(31)14-28-7-9-29(10-8-28)22-12-21-18(11-20(22)27)24(32)19(25(33)34)13-30(21)17-5-6-17/h1-4,11-13,17H,5-10,14H2,(H,33,34). The summed E-state index contributed by atoms with van der Waals surface area (Å²) >= 11 is 3.37. The van der Waals surface area contributed by atoms with E-state index in [-0.39, 0.29) is 22.8 Å². The zero-order valence-corrected chi connectivity index (χ0v) is 19.9. The molecule has 1 aromatic heterocycles. The first kappa shape index (κ1) is 22.7. The lowest BCUT2D eigenvalue weighted by Gasteiger charge is -2.36. The van der Waals surface area contributed by atoms with E-state index < -0.39 is 17.2 Å². The molecule has 2 aromatic carbocycles. The van der Waals surface area contributed by atoms with E-state index in [4.69, 9.17) is 0 Å². The number of nitrogens with zero attached hydrogens (tertiary/aromatic N) is 3. The molecular weight excluding hydrogens is 505 g/mol. The van der Waals surface area contributed by atoms with Crippen molar-refractivity contribution in [3.8, 4) is 0 Å². The fourth-order valence-corrected chi connectivity index (χ4v) is 4.75. The van der Waals surface area contributed by atoms with Gasteiger partial charge in [-0.15, -0.1) is 0 Å². The number of ketones is 1. The van der Waals surface area contributed by atoms with E-state index in [2.05, 4.69) is 20.8 Å². The summed E-state index contributed by atoms with van der Waals surface area (Å²) < 4.78 is 17.8. The molecule has 0 radical (unpaired) electrons. The molecule has 176 valence electrons. The number of fused-ring (bicyclic) bond motifs is 1. The molecule has 1 aliphatic heterocycles. The van der Waals surface area contributed by atoms with Gasteiger partial charge in [-0.05, 0) is 37.1 Å². The molecular formula is C25H23BrFN3O4. The number of benzene rings is 2. The van der Waals surface area contributed by atoms with Gasteiger partial charge in [-0.3, -0.25) is 14.5 Å². The lowest BCUT2D eigenvalue weighted by Crippen LogP contribution is -2.48. The maximum absolute atomic E-state index is 15.1. The molecule has 1 saturated carbocycles. The van der Waals surface area contributed by atoms with Crippen LogP contribution in [0.5, 0.6) is 0 Å². The van der Waals surface area contributed by atoms with Gasteiger partial charge >= 0.3 is 5.97 Å². The second-order valence-electron chi connectivity index (χ2n) is 8.83. The molecule has 7 nitrogen and oxygen atoms in total. The van der Waals surface area contributed by atoms with E-state index in [0.717, 1.165) is 17.3 Å². The minimum atomic E-state index is -1.31. The maximum Gasteiger partial charge on any atom is 0.341 e. The van der Waals surface area contributed by atoms with Crippen molar-refractivity contribution < 1.29 is 19.1 Å². The predicted octanol–water partition coefficient (Wildman–Crippen LogP) is 3.94. The first-order chi connectivity index (χ1) is 16.3. The lowest BCUT2D eigenvalue weighted by atomic mass is 10.1. The second-order valence-corrected chi connectivity index (χ2v) is 9.75. The highest BCUT2D eigenvalue weighted by Gasteiger charge is 2.28. The second kappa shape index (κ2) is 8.96. The van der Waals surface area contributed by atoms with E-state index in [1.165, 1.54) is 12.3 Å². The number of aromatic carboxylic acids is 1. The molecule has 9 heteroatoms. The summed E-state index contributed by atoms with van der Waals surface area (Å²) in [5, 5.41) is 9.50. The van der Waals surface area contributed by atoms with Crippen molar-refractivity contribution in [3.63, 3.8) is 0 Å². The van der Waals surface area contributed by atoms with Crippen LogP contribution in [0.15, 0.2) is 51.9 Å². The van der Waals surface area contributed by atoms with Crippen LogP contribution in [0.4, 0.5) is 10.1 Å². The Morgan fingerprint density at radius 1 is 1.06 bits per heavy atom. The first-order valence-electron chi connectivity index (χ1n) is 11.2. The summed E-state index contributed by atoms with van der Waals surface area (Å²) in [7, 11) is 0. The predicted molar refractivity (Wildman–Crippen MR) is 131 cm³/mol. The Labute approximate surface area is 203 Å². The Balaban J connectivity index is 1.36. The Morgan fingerprint density at radius 2 is 1.74 bits per heavy atom. The van der Waals surface area contributed by atoms with Gasteiger partial charge in [-0.2, -0.15) is 0 Å². The van der Waals surface area contributed by atoms with Crippen molar-refractivity contribution in [2.75, 3.05) is 37.6 Å². The van der Waals surface area contributed by atoms with Crippen molar-refractivity contribution >= 4 is 44.3 Å². The molecule has 1 aliphatic carbocycles. The number of halogens is 2. The van der Waals surface area contributed by atoms with Gasteiger partial charge in [0.1, 0.15) is 11.4 Å². The Morgan fingerprint density at radius 3 is 2.35 bits per heavy atom. The van der Waals surface area contributed by atoms with Gasteiger partial charge in [0.25, 0.3) is 0 Å². The van der Waals surface area contributed by atoms with E-state index in [9.17, 15) is 19.5 Å². The SMILES string of the molecule is O=C(CN1CCN(c2cc3c(cc2F)c(=O)c(C(=O)O)cn3C2CC2)CC1)c1ccc(Br)cc1. The van der Waals surface area contributed by atoms with Crippen molar-refractivity contribution in [2.24, 2.45) is 0 Å². The summed E-state index contributed by atoms with van der Waals surface area (Å²) in [5.74, 6) is -1.81. The third-order valence-electron chi connectivity index (χ3n) is 6.52. The highest BCUT2D eigenvalue weighted by Crippen LogP contribution is 2.38. The molecule has 1 N–H and O–H groups in total. The van der Waals surface area contributed by atoms with Crippen molar-refractivity contribution in [3.05, 3.63) is 74.2 Å². The van der Waals surface area contributed by atoms with Crippen LogP contribution in [0, 0.1) is 5.82 Å². The van der Waals surface area contributed by atoms with Crippen LogP contribution in [0.25, 0.3) is 10.9 Å². The summed E-state index contributed by atoms with van der Waals surface area (Å²) in [5.41, 5.74) is 0.603. The van der Waals surface area contributed by atoms with Gasteiger partial charge in [0.2, 0.25) is 5.43 Å². The van der Waals surface area contributed by atoms with Gasteiger partial charge in [-0.1, -0.05) is 28.1 Å². The summed E-state index contributed by atoms with van der Waals surface area (Å²) in [6.45, 7) is 2.59. The zero-order chi connectivity index (χ0) is 24.0. The highest BCUT2D eigenvalue weighted by molar-refractivity contribution is 9.10. The van der Waals surface area contributed by atoms with Crippen LogP contribution < -0.4 is 10.3 Å². The molecule has 5 rings (SSSR count). The van der Waals surface area contributed by atoms with Crippen molar-refractivity contribution in [1.82, 2.24) is 9.47 Å². The molecule has 0 amide bonds.